The van der Waals surface area contributed by atoms with Gasteiger partial charge in [0.1, 0.15) is 17.3 Å². The fourth-order valence-corrected chi connectivity index (χ4v) is 2.88. The van der Waals surface area contributed by atoms with E-state index < -0.39 is 0 Å². The smallest absolute Gasteiger partial charge is 0.137 e. The zero-order valence-corrected chi connectivity index (χ0v) is 12.5. The highest BCUT2D eigenvalue weighted by Gasteiger charge is 2.33. The first-order valence-corrected chi connectivity index (χ1v) is 7.05. The number of anilines is 1. The Labute approximate surface area is 115 Å². The lowest BCUT2D eigenvalue weighted by Gasteiger charge is -2.27. The average Bonchev–Trinajstić information content (AvgIpc) is 2.77. The third-order valence-corrected chi connectivity index (χ3v) is 4.26. The molecular weight excluding hydrogens is 246 g/mol. The molecule has 0 amide bonds. The zero-order valence-electron chi connectivity index (χ0n) is 11.7. The fourth-order valence-electron chi connectivity index (χ4n) is 2.62. The molecule has 1 atom stereocenters. The standard InChI is InChI=1S/C14H22ClN3/c1-5-11-12(15)16-9-17-13(11)18-7-6-10(8-18)14(2,3)4/h9-10H,5-8H2,1-4H3. The van der Waals surface area contributed by atoms with E-state index in [2.05, 4.69) is 42.6 Å². The van der Waals surface area contributed by atoms with Crippen molar-refractivity contribution in [3.05, 3.63) is 17.0 Å². The van der Waals surface area contributed by atoms with E-state index in [4.69, 9.17) is 11.6 Å². The molecule has 3 nitrogen and oxygen atoms in total. The Bertz CT molecular complexity index is 426. The summed E-state index contributed by atoms with van der Waals surface area (Å²) in [5.41, 5.74) is 1.44. The number of hydrogen-bond acceptors (Lipinski definition) is 3. The molecule has 0 bridgehead atoms. The quantitative estimate of drug-likeness (QED) is 0.767. The summed E-state index contributed by atoms with van der Waals surface area (Å²) in [5.74, 6) is 1.75. The first-order chi connectivity index (χ1) is 8.43. The van der Waals surface area contributed by atoms with E-state index in [1.807, 2.05) is 0 Å². The van der Waals surface area contributed by atoms with Crippen LogP contribution in [0.3, 0.4) is 0 Å². The van der Waals surface area contributed by atoms with Crippen LogP contribution in [0.4, 0.5) is 5.82 Å². The van der Waals surface area contributed by atoms with Crippen LogP contribution in [0, 0.1) is 11.3 Å². The Morgan fingerprint density at radius 3 is 2.67 bits per heavy atom. The van der Waals surface area contributed by atoms with E-state index in [1.54, 1.807) is 6.33 Å². The predicted octanol–water partition coefficient (Wildman–Crippen LogP) is 3.56. The van der Waals surface area contributed by atoms with Crippen LogP contribution in [0.25, 0.3) is 0 Å². The first-order valence-electron chi connectivity index (χ1n) is 6.67. The minimum Gasteiger partial charge on any atom is -0.356 e. The molecule has 4 heteroatoms. The number of rotatable bonds is 2. The lowest BCUT2D eigenvalue weighted by Crippen LogP contribution is -2.27. The zero-order chi connectivity index (χ0) is 13.3. The minimum absolute atomic E-state index is 0.359. The van der Waals surface area contributed by atoms with Crippen LogP contribution in [-0.4, -0.2) is 23.1 Å². The minimum atomic E-state index is 0.359. The van der Waals surface area contributed by atoms with Gasteiger partial charge in [-0.15, -0.1) is 0 Å². The van der Waals surface area contributed by atoms with Gasteiger partial charge in [0, 0.05) is 18.7 Å². The summed E-state index contributed by atoms with van der Waals surface area (Å²) < 4.78 is 0. The lowest BCUT2D eigenvalue weighted by molar-refractivity contribution is 0.263. The Morgan fingerprint density at radius 1 is 1.39 bits per heavy atom. The summed E-state index contributed by atoms with van der Waals surface area (Å²) in [6.45, 7) is 11.2. The van der Waals surface area contributed by atoms with Crippen LogP contribution in [-0.2, 0) is 6.42 Å². The number of nitrogens with zero attached hydrogens (tertiary/aromatic N) is 3. The van der Waals surface area contributed by atoms with Crippen molar-refractivity contribution in [1.29, 1.82) is 0 Å². The summed E-state index contributed by atoms with van der Waals surface area (Å²) in [7, 11) is 0. The van der Waals surface area contributed by atoms with Crippen molar-refractivity contribution in [3.8, 4) is 0 Å². The van der Waals surface area contributed by atoms with Gasteiger partial charge in [0.25, 0.3) is 0 Å². The van der Waals surface area contributed by atoms with E-state index in [0.29, 0.717) is 10.6 Å². The van der Waals surface area contributed by atoms with Crippen molar-refractivity contribution in [3.63, 3.8) is 0 Å². The Kier molecular flexibility index (Phi) is 3.81. The highest BCUT2D eigenvalue weighted by atomic mass is 35.5. The molecule has 18 heavy (non-hydrogen) atoms. The number of hydrogen-bond donors (Lipinski definition) is 0. The predicted molar refractivity (Wildman–Crippen MR) is 76.2 cm³/mol. The van der Waals surface area contributed by atoms with E-state index in [0.717, 1.165) is 36.8 Å². The molecule has 2 rings (SSSR count). The lowest BCUT2D eigenvalue weighted by atomic mass is 9.80. The normalized spacial score (nSPS) is 20.5. The molecule has 1 aromatic heterocycles. The van der Waals surface area contributed by atoms with Crippen molar-refractivity contribution in [2.24, 2.45) is 11.3 Å². The molecule has 1 saturated heterocycles. The van der Waals surface area contributed by atoms with Crippen LogP contribution in [0.5, 0.6) is 0 Å². The maximum Gasteiger partial charge on any atom is 0.137 e. The molecule has 0 aromatic carbocycles. The molecular formula is C14H22ClN3. The van der Waals surface area contributed by atoms with Crippen molar-refractivity contribution in [2.75, 3.05) is 18.0 Å². The maximum atomic E-state index is 6.16. The van der Waals surface area contributed by atoms with Crippen molar-refractivity contribution >= 4 is 17.4 Å². The van der Waals surface area contributed by atoms with Crippen LogP contribution >= 0.6 is 11.6 Å². The molecule has 1 aliphatic rings. The molecule has 100 valence electrons. The molecule has 1 unspecified atom stereocenters. The van der Waals surface area contributed by atoms with Crippen LogP contribution in [0.15, 0.2) is 6.33 Å². The van der Waals surface area contributed by atoms with E-state index in [-0.39, 0.29) is 0 Å². The van der Waals surface area contributed by atoms with Gasteiger partial charge < -0.3 is 4.90 Å². The second-order valence-electron chi connectivity index (χ2n) is 6.12. The van der Waals surface area contributed by atoms with Gasteiger partial charge in [0.05, 0.1) is 0 Å². The highest BCUT2D eigenvalue weighted by Crippen LogP contribution is 2.36. The molecule has 2 heterocycles. The Morgan fingerprint density at radius 2 is 2.11 bits per heavy atom. The van der Waals surface area contributed by atoms with E-state index in [9.17, 15) is 0 Å². The first kappa shape index (κ1) is 13.6. The average molecular weight is 268 g/mol. The molecule has 1 aliphatic heterocycles. The van der Waals surface area contributed by atoms with E-state index >= 15 is 0 Å². The monoisotopic (exact) mass is 267 g/mol. The topological polar surface area (TPSA) is 29.0 Å². The van der Waals surface area contributed by atoms with Gasteiger partial charge in [-0.05, 0) is 24.2 Å². The van der Waals surface area contributed by atoms with Gasteiger partial charge >= 0.3 is 0 Å². The maximum absolute atomic E-state index is 6.16. The largest absolute Gasteiger partial charge is 0.356 e. The molecule has 0 N–H and O–H groups in total. The summed E-state index contributed by atoms with van der Waals surface area (Å²) in [6.07, 6.45) is 3.68. The number of aromatic nitrogens is 2. The van der Waals surface area contributed by atoms with Crippen molar-refractivity contribution in [2.45, 2.75) is 40.5 Å². The Hall–Kier alpha value is -0.830. The summed E-state index contributed by atoms with van der Waals surface area (Å²) in [4.78, 5) is 10.9. The summed E-state index contributed by atoms with van der Waals surface area (Å²) in [5, 5.41) is 0.599. The van der Waals surface area contributed by atoms with Gasteiger partial charge in [-0.25, -0.2) is 9.97 Å². The van der Waals surface area contributed by atoms with Gasteiger partial charge in [-0.1, -0.05) is 39.3 Å². The molecule has 0 radical (unpaired) electrons. The van der Waals surface area contributed by atoms with Gasteiger partial charge in [-0.2, -0.15) is 0 Å². The second kappa shape index (κ2) is 5.04. The van der Waals surface area contributed by atoms with Gasteiger partial charge in [0.2, 0.25) is 0 Å². The van der Waals surface area contributed by atoms with Crippen LogP contribution < -0.4 is 4.90 Å². The van der Waals surface area contributed by atoms with E-state index in [1.165, 1.54) is 6.42 Å². The Balaban J connectivity index is 2.22. The molecule has 0 spiro atoms. The van der Waals surface area contributed by atoms with Gasteiger partial charge in [-0.3, -0.25) is 0 Å². The summed E-state index contributed by atoms with van der Waals surface area (Å²) in [6, 6.07) is 0. The second-order valence-corrected chi connectivity index (χ2v) is 6.48. The molecule has 1 fully saturated rings. The number of halogens is 1. The van der Waals surface area contributed by atoms with Crippen LogP contribution in [0.1, 0.15) is 39.7 Å². The SMILES string of the molecule is CCc1c(Cl)ncnc1N1CCC(C(C)(C)C)C1. The molecule has 0 saturated carbocycles. The third kappa shape index (κ3) is 2.61. The molecule has 0 aliphatic carbocycles. The third-order valence-electron chi connectivity index (χ3n) is 3.94. The van der Waals surface area contributed by atoms with Crippen molar-refractivity contribution in [1.82, 2.24) is 9.97 Å². The van der Waals surface area contributed by atoms with Crippen molar-refractivity contribution < 1.29 is 0 Å². The van der Waals surface area contributed by atoms with Gasteiger partial charge in [0.15, 0.2) is 0 Å². The molecule has 1 aromatic rings. The van der Waals surface area contributed by atoms with Crippen LogP contribution in [0.2, 0.25) is 5.15 Å². The fraction of sp³-hybridized carbons (Fsp3) is 0.714. The highest BCUT2D eigenvalue weighted by molar-refractivity contribution is 6.30. The summed E-state index contributed by atoms with van der Waals surface area (Å²) >= 11 is 6.16.